The summed E-state index contributed by atoms with van der Waals surface area (Å²) in [4.78, 5) is 6.55. The molecule has 0 bridgehead atoms. The van der Waals surface area contributed by atoms with Crippen molar-refractivity contribution < 1.29 is 4.39 Å². The first kappa shape index (κ1) is 16.1. The van der Waals surface area contributed by atoms with Crippen molar-refractivity contribution in [2.45, 2.75) is 39.3 Å². The minimum Gasteiger partial charge on any atom is -0.311 e. The summed E-state index contributed by atoms with van der Waals surface area (Å²) in [6.45, 7) is 7.62. The van der Waals surface area contributed by atoms with E-state index in [9.17, 15) is 4.39 Å². The topological polar surface area (TPSA) is 28.2 Å². The van der Waals surface area contributed by atoms with Gasteiger partial charge in [0.05, 0.1) is 17.9 Å². The van der Waals surface area contributed by atoms with Gasteiger partial charge in [-0.3, -0.25) is 4.98 Å². The monoisotopic (exact) mass is 267 g/mol. The summed E-state index contributed by atoms with van der Waals surface area (Å²) in [6.07, 6.45) is 2.42. The lowest BCUT2D eigenvalue weighted by Crippen LogP contribution is -2.37. The van der Waals surface area contributed by atoms with Crippen molar-refractivity contribution in [3.05, 3.63) is 29.8 Å². The number of aromatic nitrogens is 1. The lowest BCUT2D eigenvalue weighted by molar-refractivity contribution is 0.198. The van der Waals surface area contributed by atoms with Crippen LogP contribution in [0.5, 0.6) is 0 Å². The van der Waals surface area contributed by atoms with Crippen LogP contribution in [0.15, 0.2) is 18.3 Å². The van der Waals surface area contributed by atoms with Gasteiger partial charge in [0.15, 0.2) is 0 Å². The summed E-state index contributed by atoms with van der Waals surface area (Å²) >= 11 is 0. The van der Waals surface area contributed by atoms with Gasteiger partial charge in [-0.2, -0.15) is 0 Å². The summed E-state index contributed by atoms with van der Waals surface area (Å²) in [5, 5.41) is 3.29. The third-order valence-electron chi connectivity index (χ3n) is 3.87. The first-order valence-electron chi connectivity index (χ1n) is 6.98. The molecule has 0 aromatic carbocycles. The second-order valence-electron chi connectivity index (χ2n) is 5.34. The van der Waals surface area contributed by atoms with Gasteiger partial charge < -0.3 is 10.2 Å². The van der Waals surface area contributed by atoms with Gasteiger partial charge in [-0.15, -0.1) is 0 Å². The normalized spacial score (nSPS) is 16.4. The highest BCUT2D eigenvalue weighted by Gasteiger charge is 2.21. The number of hydrogen-bond acceptors (Lipinski definition) is 3. The molecule has 0 fully saturated rings. The van der Waals surface area contributed by atoms with Gasteiger partial charge in [0.1, 0.15) is 5.82 Å². The van der Waals surface area contributed by atoms with E-state index in [0.29, 0.717) is 12.0 Å². The standard InChI is InChI=1S/C15H26FN3/c1-6-12(3)19(5)10-11(2)15(17-4)14-8-7-13(16)9-18-14/h7-9,11-12,15,17H,6,10H2,1-5H3. The second-order valence-corrected chi connectivity index (χ2v) is 5.34. The Bertz CT molecular complexity index is 366. The van der Waals surface area contributed by atoms with Crippen molar-refractivity contribution in [3.63, 3.8) is 0 Å². The van der Waals surface area contributed by atoms with Gasteiger partial charge in [-0.25, -0.2) is 4.39 Å². The van der Waals surface area contributed by atoms with Crippen molar-refractivity contribution in [2.75, 3.05) is 20.6 Å². The minimum atomic E-state index is -0.289. The highest BCUT2D eigenvalue weighted by molar-refractivity contribution is 5.10. The van der Waals surface area contributed by atoms with Gasteiger partial charge >= 0.3 is 0 Å². The number of pyridine rings is 1. The molecule has 0 amide bonds. The van der Waals surface area contributed by atoms with Crippen LogP contribution in [-0.4, -0.2) is 36.6 Å². The molecule has 1 rings (SSSR count). The van der Waals surface area contributed by atoms with Crippen molar-refractivity contribution in [3.8, 4) is 0 Å². The van der Waals surface area contributed by atoms with Crippen LogP contribution in [0.2, 0.25) is 0 Å². The van der Waals surface area contributed by atoms with Gasteiger partial charge in [0.2, 0.25) is 0 Å². The number of rotatable bonds is 7. The molecule has 0 radical (unpaired) electrons. The van der Waals surface area contributed by atoms with E-state index in [2.05, 4.69) is 43.0 Å². The molecule has 0 aliphatic carbocycles. The molecule has 19 heavy (non-hydrogen) atoms. The molecule has 3 unspecified atom stereocenters. The Hall–Kier alpha value is -1.00. The molecular weight excluding hydrogens is 241 g/mol. The molecule has 1 aromatic rings. The maximum Gasteiger partial charge on any atom is 0.141 e. The van der Waals surface area contributed by atoms with E-state index < -0.39 is 0 Å². The number of nitrogens with zero attached hydrogens (tertiary/aromatic N) is 2. The average molecular weight is 267 g/mol. The zero-order valence-electron chi connectivity index (χ0n) is 12.7. The molecule has 0 aliphatic rings. The smallest absolute Gasteiger partial charge is 0.141 e. The van der Waals surface area contributed by atoms with E-state index in [4.69, 9.17) is 0 Å². The Balaban J connectivity index is 2.71. The van der Waals surface area contributed by atoms with E-state index in [1.54, 1.807) is 6.07 Å². The Labute approximate surface area is 116 Å². The molecule has 0 aliphatic heterocycles. The first-order chi connectivity index (χ1) is 8.99. The van der Waals surface area contributed by atoms with Crippen LogP contribution in [0.3, 0.4) is 0 Å². The molecule has 1 N–H and O–H groups in total. The maximum absolute atomic E-state index is 12.9. The van der Waals surface area contributed by atoms with E-state index in [1.807, 2.05) is 7.05 Å². The van der Waals surface area contributed by atoms with Crippen LogP contribution in [0.1, 0.15) is 38.9 Å². The van der Waals surface area contributed by atoms with Gasteiger partial charge in [0, 0.05) is 12.6 Å². The van der Waals surface area contributed by atoms with Crippen LogP contribution in [-0.2, 0) is 0 Å². The molecule has 1 aromatic heterocycles. The largest absolute Gasteiger partial charge is 0.311 e. The van der Waals surface area contributed by atoms with E-state index in [1.165, 1.54) is 12.3 Å². The molecule has 0 saturated heterocycles. The quantitative estimate of drug-likeness (QED) is 0.823. The van der Waals surface area contributed by atoms with Crippen molar-refractivity contribution >= 4 is 0 Å². The lowest BCUT2D eigenvalue weighted by atomic mass is 9.97. The Morgan fingerprint density at radius 1 is 1.37 bits per heavy atom. The number of hydrogen-bond donors (Lipinski definition) is 1. The molecule has 3 nitrogen and oxygen atoms in total. The third kappa shape index (κ3) is 4.55. The fourth-order valence-electron chi connectivity index (χ4n) is 2.35. The minimum absolute atomic E-state index is 0.145. The molecule has 4 heteroatoms. The number of nitrogens with one attached hydrogen (secondary N) is 1. The highest BCUT2D eigenvalue weighted by Crippen LogP contribution is 2.21. The third-order valence-corrected chi connectivity index (χ3v) is 3.87. The Morgan fingerprint density at radius 3 is 2.53 bits per heavy atom. The second kappa shape index (κ2) is 7.56. The fourth-order valence-corrected chi connectivity index (χ4v) is 2.35. The summed E-state index contributed by atoms with van der Waals surface area (Å²) in [5.41, 5.74) is 0.897. The van der Waals surface area contributed by atoms with E-state index >= 15 is 0 Å². The average Bonchev–Trinajstić information content (AvgIpc) is 2.40. The predicted octanol–water partition coefficient (Wildman–Crippen LogP) is 2.85. The SMILES string of the molecule is CCC(C)N(C)CC(C)C(NC)c1ccc(F)cn1. The van der Waals surface area contributed by atoms with Crippen LogP contribution in [0.25, 0.3) is 0 Å². The van der Waals surface area contributed by atoms with Crippen LogP contribution in [0.4, 0.5) is 4.39 Å². The zero-order valence-corrected chi connectivity index (χ0v) is 12.7. The summed E-state index contributed by atoms with van der Waals surface area (Å²) in [7, 11) is 4.07. The Morgan fingerprint density at radius 2 is 2.05 bits per heavy atom. The van der Waals surface area contributed by atoms with Crippen LogP contribution >= 0.6 is 0 Å². The predicted molar refractivity (Wildman–Crippen MR) is 77.5 cm³/mol. The van der Waals surface area contributed by atoms with Crippen LogP contribution in [0, 0.1) is 11.7 Å². The van der Waals surface area contributed by atoms with Crippen LogP contribution < -0.4 is 5.32 Å². The number of halogens is 1. The molecule has 1 heterocycles. The Kier molecular flexibility index (Phi) is 6.38. The van der Waals surface area contributed by atoms with Crippen molar-refractivity contribution in [2.24, 2.45) is 5.92 Å². The molecular formula is C15H26FN3. The van der Waals surface area contributed by atoms with Crippen molar-refractivity contribution in [1.82, 2.24) is 15.2 Å². The molecule has 0 spiro atoms. The maximum atomic E-state index is 12.9. The lowest BCUT2D eigenvalue weighted by Gasteiger charge is -2.30. The summed E-state index contributed by atoms with van der Waals surface area (Å²) < 4.78 is 12.9. The summed E-state index contributed by atoms with van der Waals surface area (Å²) in [6, 6.07) is 3.95. The van der Waals surface area contributed by atoms with E-state index in [0.717, 1.165) is 18.7 Å². The fraction of sp³-hybridized carbons (Fsp3) is 0.667. The van der Waals surface area contributed by atoms with Gasteiger partial charge in [0.25, 0.3) is 0 Å². The van der Waals surface area contributed by atoms with Gasteiger partial charge in [-0.05, 0) is 45.5 Å². The van der Waals surface area contributed by atoms with Crippen molar-refractivity contribution in [1.29, 1.82) is 0 Å². The molecule has 0 saturated carbocycles. The van der Waals surface area contributed by atoms with Gasteiger partial charge in [-0.1, -0.05) is 13.8 Å². The molecule has 108 valence electrons. The summed E-state index contributed by atoms with van der Waals surface area (Å²) in [5.74, 6) is 0.116. The highest BCUT2D eigenvalue weighted by atomic mass is 19.1. The first-order valence-corrected chi connectivity index (χ1v) is 6.98. The zero-order chi connectivity index (χ0) is 14.4. The van der Waals surface area contributed by atoms with E-state index in [-0.39, 0.29) is 11.9 Å². The molecule has 3 atom stereocenters.